The molecule has 4 heteroatoms. The zero-order chi connectivity index (χ0) is 14.8. The van der Waals surface area contributed by atoms with E-state index in [-0.39, 0.29) is 5.91 Å². The lowest BCUT2D eigenvalue weighted by molar-refractivity contribution is -0.122. The van der Waals surface area contributed by atoms with Crippen LogP contribution in [-0.2, 0) is 11.2 Å². The van der Waals surface area contributed by atoms with Crippen LogP contribution in [0.4, 0.5) is 5.69 Å². The number of hydrogen-bond donors (Lipinski definition) is 2. The number of para-hydroxylation sites is 1. The first-order valence-electron chi connectivity index (χ1n) is 6.97. The Morgan fingerprint density at radius 3 is 2.86 bits per heavy atom. The van der Waals surface area contributed by atoms with E-state index in [9.17, 15) is 9.90 Å². The molecule has 1 heterocycles. The Hall–Kier alpha value is -2.33. The molecule has 2 N–H and O–H groups in total. The van der Waals surface area contributed by atoms with Gasteiger partial charge in [0.15, 0.2) is 6.10 Å². The van der Waals surface area contributed by atoms with Crippen molar-refractivity contribution in [1.29, 1.82) is 0 Å². The first-order chi connectivity index (χ1) is 10.1. The summed E-state index contributed by atoms with van der Waals surface area (Å²) >= 11 is 0. The molecule has 1 aliphatic heterocycles. The minimum Gasteiger partial charge on any atom is -0.480 e. The molecule has 0 saturated heterocycles. The summed E-state index contributed by atoms with van der Waals surface area (Å²) < 4.78 is 5.66. The lowest BCUT2D eigenvalue weighted by Crippen LogP contribution is -2.31. The van der Waals surface area contributed by atoms with Gasteiger partial charge in [-0.15, -0.1) is 0 Å². The zero-order valence-electron chi connectivity index (χ0n) is 11.7. The van der Waals surface area contributed by atoms with Crippen LogP contribution < -0.4 is 10.1 Å². The summed E-state index contributed by atoms with van der Waals surface area (Å²) in [7, 11) is 0. The van der Waals surface area contributed by atoms with E-state index in [1.807, 2.05) is 36.4 Å². The maximum Gasteiger partial charge on any atom is 0.265 e. The molecule has 0 spiro atoms. The van der Waals surface area contributed by atoms with Crippen LogP contribution in [-0.4, -0.2) is 17.1 Å². The van der Waals surface area contributed by atoms with Gasteiger partial charge in [0, 0.05) is 12.1 Å². The van der Waals surface area contributed by atoms with Crippen LogP contribution >= 0.6 is 0 Å². The highest BCUT2D eigenvalue weighted by molar-refractivity contribution is 5.95. The number of aliphatic hydroxyl groups excluding tert-OH is 1. The maximum atomic E-state index is 12.3. The van der Waals surface area contributed by atoms with Crippen LogP contribution in [0.15, 0.2) is 48.5 Å². The Morgan fingerprint density at radius 1 is 1.29 bits per heavy atom. The second-order valence-corrected chi connectivity index (χ2v) is 5.21. The van der Waals surface area contributed by atoms with Gasteiger partial charge in [-0.1, -0.05) is 30.3 Å². The van der Waals surface area contributed by atoms with Crippen LogP contribution in [0.1, 0.15) is 24.2 Å². The molecule has 0 radical (unpaired) electrons. The van der Waals surface area contributed by atoms with Crippen molar-refractivity contribution in [3.63, 3.8) is 0 Å². The molecule has 2 aromatic rings. The topological polar surface area (TPSA) is 58.6 Å². The summed E-state index contributed by atoms with van der Waals surface area (Å²) in [6.45, 7) is 1.69. The number of hydrogen-bond acceptors (Lipinski definition) is 3. The predicted molar refractivity (Wildman–Crippen MR) is 80.3 cm³/mol. The van der Waals surface area contributed by atoms with E-state index in [0.29, 0.717) is 12.1 Å². The van der Waals surface area contributed by atoms with Gasteiger partial charge in [-0.2, -0.15) is 0 Å². The van der Waals surface area contributed by atoms with Crippen LogP contribution in [0.3, 0.4) is 0 Å². The summed E-state index contributed by atoms with van der Waals surface area (Å²) in [6.07, 6.45) is -0.482. The third-order valence-corrected chi connectivity index (χ3v) is 3.58. The summed E-state index contributed by atoms with van der Waals surface area (Å²) in [5, 5.41) is 12.4. The Kier molecular flexibility index (Phi) is 3.62. The molecule has 1 aliphatic rings. The Morgan fingerprint density at radius 2 is 2.10 bits per heavy atom. The molecule has 1 amide bonds. The summed E-state index contributed by atoms with van der Waals surface area (Å²) in [6, 6.07) is 14.9. The van der Waals surface area contributed by atoms with Gasteiger partial charge in [-0.3, -0.25) is 4.79 Å². The van der Waals surface area contributed by atoms with E-state index in [4.69, 9.17) is 4.74 Å². The van der Waals surface area contributed by atoms with Gasteiger partial charge in [0.1, 0.15) is 5.75 Å². The van der Waals surface area contributed by atoms with Gasteiger partial charge in [0.05, 0.1) is 6.10 Å². The summed E-state index contributed by atoms with van der Waals surface area (Å²) in [5.74, 6) is 0.601. The first-order valence-corrected chi connectivity index (χ1v) is 6.97. The van der Waals surface area contributed by atoms with Crippen LogP contribution in [0, 0.1) is 0 Å². The number of carbonyl (C=O) groups excluding carboxylic acids is 1. The number of benzene rings is 2. The second kappa shape index (κ2) is 5.58. The smallest absolute Gasteiger partial charge is 0.265 e. The third kappa shape index (κ3) is 2.90. The lowest BCUT2D eigenvalue weighted by atomic mass is 10.1. The fraction of sp³-hybridized carbons (Fsp3) is 0.235. The first kappa shape index (κ1) is 13.6. The number of rotatable bonds is 3. The summed E-state index contributed by atoms with van der Waals surface area (Å²) in [4.78, 5) is 12.3. The number of fused-ring (bicyclic) bond motifs is 1. The fourth-order valence-electron chi connectivity index (χ4n) is 2.43. The molecule has 2 atom stereocenters. The molecule has 2 aromatic carbocycles. The highest BCUT2D eigenvalue weighted by atomic mass is 16.5. The average Bonchev–Trinajstić information content (AvgIpc) is 2.91. The number of carbonyl (C=O) groups is 1. The Bertz CT molecular complexity index is 642. The monoisotopic (exact) mass is 283 g/mol. The highest BCUT2D eigenvalue weighted by Crippen LogP contribution is 2.28. The van der Waals surface area contributed by atoms with Crippen molar-refractivity contribution in [2.45, 2.75) is 25.6 Å². The summed E-state index contributed by atoms with van der Waals surface area (Å²) in [5.41, 5.74) is 2.48. The number of ether oxygens (including phenoxy) is 1. The third-order valence-electron chi connectivity index (χ3n) is 3.58. The minimum absolute atomic E-state index is 0.172. The van der Waals surface area contributed by atoms with Gasteiger partial charge in [0.25, 0.3) is 5.91 Å². The standard InChI is InChI=1S/C17H17NO3/c1-11(19)12-6-4-7-14(9-12)18-17(20)16-10-13-5-2-3-8-15(13)21-16/h2-9,11,16,19H,10H2,1H3,(H,18,20). The number of amides is 1. The minimum atomic E-state index is -0.561. The molecule has 0 fully saturated rings. The molecular weight excluding hydrogens is 266 g/mol. The van der Waals surface area contributed by atoms with Gasteiger partial charge in [-0.05, 0) is 36.2 Å². The molecule has 0 aromatic heterocycles. The van der Waals surface area contributed by atoms with Crippen molar-refractivity contribution in [1.82, 2.24) is 0 Å². The van der Waals surface area contributed by atoms with Gasteiger partial charge in [0.2, 0.25) is 0 Å². The van der Waals surface area contributed by atoms with E-state index in [1.165, 1.54) is 0 Å². The van der Waals surface area contributed by atoms with E-state index in [0.717, 1.165) is 16.9 Å². The molecule has 0 aliphatic carbocycles. The largest absolute Gasteiger partial charge is 0.480 e. The number of anilines is 1. The van der Waals surface area contributed by atoms with Crippen molar-refractivity contribution >= 4 is 11.6 Å². The molecule has 3 rings (SSSR count). The number of aliphatic hydroxyl groups is 1. The van der Waals surface area contributed by atoms with Crippen molar-refractivity contribution in [2.75, 3.05) is 5.32 Å². The molecule has 0 bridgehead atoms. The zero-order valence-corrected chi connectivity index (χ0v) is 11.7. The van der Waals surface area contributed by atoms with Gasteiger partial charge >= 0.3 is 0 Å². The van der Waals surface area contributed by atoms with E-state index in [2.05, 4.69) is 5.32 Å². The predicted octanol–water partition coefficient (Wildman–Crippen LogP) is 2.68. The van der Waals surface area contributed by atoms with E-state index in [1.54, 1.807) is 19.1 Å². The van der Waals surface area contributed by atoms with Crippen LogP contribution in [0.25, 0.3) is 0 Å². The quantitative estimate of drug-likeness (QED) is 0.910. The van der Waals surface area contributed by atoms with Gasteiger partial charge < -0.3 is 15.2 Å². The maximum absolute atomic E-state index is 12.3. The Balaban J connectivity index is 1.69. The van der Waals surface area contributed by atoms with Crippen molar-refractivity contribution < 1.29 is 14.6 Å². The highest BCUT2D eigenvalue weighted by Gasteiger charge is 2.28. The molecule has 0 saturated carbocycles. The van der Waals surface area contributed by atoms with Crippen molar-refractivity contribution in [2.24, 2.45) is 0 Å². The molecule has 4 nitrogen and oxygen atoms in total. The molecular formula is C17H17NO3. The van der Waals surface area contributed by atoms with E-state index < -0.39 is 12.2 Å². The van der Waals surface area contributed by atoms with Gasteiger partial charge in [-0.25, -0.2) is 0 Å². The van der Waals surface area contributed by atoms with Crippen LogP contribution in [0.5, 0.6) is 5.75 Å². The average molecular weight is 283 g/mol. The van der Waals surface area contributed by atoms with Crippen LogP contribution in [0.2, 0.25) is 0 Å². The second-order valence-electron chi connectivity index (χ2n) is 5.21. The normalized spacial score (nSPS) is 17.7. The molecule has 21 heavy (non-hydrogen) atoms. The molecule has 108 valence electrons. The van der Waals surface area contributed by atoms with E-state index >= 15 is 0 Å². The molecule has 2 unspecified atom stereocenters. The fourth-order valence-corrected chi connectivity index (χ4v) is 2.43. The SMILES string of the molecule is CC(O)c1cccc(NC(=O)C2Cc3ccccc3O2)c1. The van der Waals surface area contributed by atoms with Crippen molar-refractivity contribution in [3.8, 4) is 5.75 Å². The Labute approximate surface area is 123 Å². The number of nitrogens with one attached hydrogen (secondary N) is 1. The lowest BCUT2D eigenvalue weighted by Gasteiger charge is -2.13. The van der Waals surface area contributed by atoms with Crippen molar-refractivity contribution in [3.05, 3.63) is 59.7 Å².